The lowest BCUT2D eigenvalue weighted by Gasteiger charge is -2.05. The van der Waals surface area contributed by atoms with E-state index in [-0.39, 0.29) is 11.7 Å². The van der Waals surface area contributed by atoms with E-state index in [9.17, 15) is 9.18 Å². The first-order chi connectivity index (χ1) is 9.49. The Kier molecular flexibility index (Phi) is 4.23. The number of hydrogen-bond donors (Lipinski definition) is 1. The van der Waals surface area contributed by atoms with Gasteiger partial charge in [0.25, 0.3) is 5.91 Å². The maximum Gasteiger partial charge on any atom is 0.255 e. The predicted molar refractivity (Wildman–Crippen MR) is 75.4 cm³/mol. The third-order valence-corrected chi connectivity index (χ3v) is 3.38. The lowest BCUT2D eigenvalue weighted by Crippen LogP contribution is -2.26. The quantitative estimate of drug-likeness (QED) is 0.930. The highest BCUT2D eigenvalue weighted by Crippen LogP contribution is 2.20. The minimum atomic E-state index is -0.258. The second-order valence-corrected chi connectivity index (χ2v) is 4.85. The molecule has 0 aliphatic heterocycles. The molecule has 3 nitrogen and oxygen atoms in total. The Labute approximate surface area is 117 Å². The van der Waals surface area contributed by atoms with E-state index in [2.05, 4.69) is 5.32 Å². The summed E-state index contributed by atoms with van der Waals surface area (Å²) in [7, 11) is 0. The number of halogens is 1. The summed E-state index contributed by atoms with van der Waals surface area (Å²) in [6, 6.07) is 6.39. The molecular formula is C16H18FNO2. The maximum absolute atomic E-state index is 13.0. The van der Waals surface area contributed by atoms with Crippen LogP contribution in [0.15, 0.2) is 28.7 Å². The van der Waals surface area contributed by atoms with Gasteiger partial charge in [0.15, 0.2) is 0 Å². The molecule has 0 atom stereocenters. The lowest BCUT2D eigenvalue weighted by molar-refractivity contribution is 0.0952. The van der Waals surface area contributed by atoms with Crippen molar-refractivity contribution in [1.29, 1.82) is 0 Å². The van der Waals surface area contributed by atoms with Crippen LogP contribution >= 0.6 is 0 Å². The van der Waals surface area contributed by atoms with E-state index in [1.807, 2.05) is 19.9 Å². The van der Waals surface area contributed by atoms with E-state index in [1.165, 1.54) is 12.1 Å². The van der Waals surface area contributed by atoms with E-state index in [1.54, 1.807) is 13.0 Å². The minimum absolute atomic E-state index is 0.145. The number of hydrogen-bond acceptors (Lipinski definition) is 2. The summed E-state index contributed by atoms with van der Waals surface area (Å²) in [5.74, 6) is 0.986. The van der Waals surface area contributed by atoms with Crippen molar-refractivity contribution in [2.45, 2.75) is 27.2 Å². The molecule has 2 aromatic rings. The topological polar surface area (TPSA) is 42.2 Å². The second kappa shape index (κ2) is 5.90. The number of amides is 1. The molecule has 0 aliphatic rings. The highest BCUT2D eigenvalue weighted by atomic mass is 19.1. The van der Waals surface area contributed by atoms with Crippen LogP contribution in [0, 0.1) is 26.6 Å². The number of aryl methyl sites for hydroxylation is 2. The highest BCUT2D eigenvalue weighted by molar-refractivity contribution is 5.96. The van der Waals surface area contributed by atoms with E-state index in [4.69, 9.17) is 4.42 Å². The number of carbonyl (C=O) groups is 1. The molecule has 1 aromatic carbocycles. The van der Waals surface area contributed by atoms with Gasteiger partial charge in [0.1, 0.15) is 17.3 Å². The summed E-state index contributed by atoms with van der Waals surface area (Å²) in [6.07, 6.45) is 0.596. The van der Waals surface area contributed by atoms with Crippen molar-refractivity contribution in [2.75, 3.05) is 6.54 Å². The van der Waals surface area contributed by atoms with Crippen LogP contribution in [0.3, 0.4) is 0 Å². The van der Waals surface area contributed by atoms with E-state index in [0.717, 1.165) is 16.9 Å². The molecule has 0 saturated carbocycles. The number of rotatable bonds is 4. The van der Waals surface area contributed by atoms with Crippen molar-refractivity contribution in [1.82, 2.24) is 5.32 Å². The summed E-state index contributed by atoms with van der Waals surface area (Å²) in [4.78, 5) is 12.1. The van der Waals surface area contributed by atoms with Gasteiger partial charge in [0.2, 0.25) is 0 Å². The summed E-state index contributed by atoms with van der Waals surface area (Å²) >= 11 is 0. The average molecular weight is 275 g/mol. The fourth-order valence-corrected chi connectivity index (χ4v) is 2.23. The number of carbonyl (C=O) groups excluding carboxylic acids is 1. The van der Waals surface area contributed by atoms with Gasteiger partial charge in [-0.3, -0.25) is 4.79 Å². The molecule has 1 aromatic heterocycles. The monoisotopic (exact) mass is 275 g/mol. The first-order valence-corrected chi connectivity index (χ1v) is 6.58. The third kappa shape index (κ3) is 3.07. The van der Waals surface area contributed by atoms with Crippen LogP contribution in [0.5, 0.6) is 0 Å². The molecule has 106 valence electrons. The van der Waals surface area contributed by atoms with Crippen LogP contribution in [0.2, 0.25) is 0 Å². The SMILES string of the molecule is Cc1oc(C)c(C(=O)NCCc2cccc(F)c2)c1C. The largest absolute Gasteiger partial charge is 0.466 e. The maximum atomic E-state index is 13.0. The Bertz CT molecular complexity index is 631. The third-order valence-electron chi connectivity index (χ3n) is 3.38. The molecule has 0 radical (unpaired) electrons. The molecule has 1 heterocycles. The van der Waals surface area contributed by atoms with Crippen molar-refractivity contribution in [3.05, 3.63) is 58.3 Å². The second-order valence-electron chi connectivity index (χ2n) is 4.85. The summed E-state index contributed by atoms with van der Waals surface area (Å²) < 4.78 is 18.5. The zero-order chi connectivity index (χ0) is 14.7. The van der Waals surface area contributed by atoms with Gasteiger partial charge in [-0.15, -0.1) is 0 Å². The van der Waals surface area contributed by atoms with Crippen LogP contribution in [0.4, 0.5) is 4.39 Å². The molecule has 2 rings (SSSR count). The molecule has 0 spiro atoms. The standard InChI is InChI=1S/C16H18FNO2/c1-10-11(2)20-12(3)15(10)16(19)18-8-7-13-5-4-6-14(17)9-13/h4-6,9H,7-8H2,1-3H3,(H,18,19). The molecule has 0 bridgehead atoms. The van der Waals surface area contributed by atoms with Gasteiger partial charge in [0.05, 0.1) is 5.56 Å². The molecular weight excluding hydrogens is 257 g/mol. The van der Waals surface area contributed by atoms with Crippen molar-refractivity contribution >= 4 is 5.91 Å². The first kappa shape index (κ1) is 14.3. The van der Waals surface area contributed by atoms with Crippen LogP contribution in [0.1, 0.15) is 33.0 Å². The number of nitrogens with one attached hydrogen (secondary N) is 1. The van der Waals surface area contributed by atoms with E-state index >= 15 is 0 Å². The van der Waals surface area contributed by atoms with Crippen molar-refractivity contribution in [3.8, 4) is 0 Å². The normalized spacial score (nSPS) is 10.6. The Hall–Kier alpha value is -2.10. The van der Waals surface area contributed by atoms with Gasteiger partial charge in [-0.1, -0.05) is 12.1 Å². The van der Waals surface area contributed by atoms with Crippen molar-refractivity contribution in [3.63, 3.8) is 0 Å². The Morgan fingerprint density at radius 2 is 2.00 bits per heavy atom. The zero-order valence-corrected chi connectivity index (χ0v) is 11.9. The molecule has 0 fully saturated rings. The fraction of sp³-hybridized carbons (Fsp3) is 0.312. The Balaban J connectivity index is 1.96. The lowest BCUT2D eigenvalue weighted by atomic mass is 10.1. The van der Waals surface area contributed by atoms with Gasteiger partial charge in [-0.05, 0) is 44.9 Å². The van der Waals surface area contributed by atoms with Crippen LogP contribution < -0.4 is 5.32 Å². The van der Waals surface area contributed by atoms with Gasteiger partial charge in [-0.2, -0.15) is 0 Å². The first-order valence-electron chi connectivity index (χ1n) is 6.58. The smallest absolute Gasteiger partial charge is 0.255 e. The molecule has 0 unspecified atom stereocenters. The number of benzene rings is 1. The molecule has 4 heteroatoms. The summed E-state index contributed by atoms with van der Waals surface area (Å²) in [5, 5.41) is 2.84. The predicted octanol–water partition coefficient (Wildman–Crippen LogP) is 3.32. The summed E-state index contributed by atoms with van der Waals surface area (Å²) in [6.45, 7) is 5.95. The molecule has 0 aliphatic carbocycles. The summed E-state index contributed by atoms with van der Waals surface area (Å²) in [5.41, 5.74) is 2.33. The van der Waals surface area contributed by atoms with Crippen molar-refractivity contribution < 1.29 is 13.6 Å². The fourth-order valence-electron chi connectivity index (χ4n) is 2.23. The van der Waals surface area contributed by atoms with Crippen molar-refractivity contribution in [2.24, 2.45) is 0 Å². The average Bonchev–Trinajstić information content (AvgIpc) is 2.63. The molecule has 1 amide bonds. The molecule has 20 heavy (non-hydrogen) atoms. The number of furan rings is 1. The van der Waals surface area contributed by atoms with Gasteiger partial charge >= 0.3 is 0 Å². The minimum Gasteiger partial charge on any atom is -0.466 e. The Morgan fingerprint density at radius 3 is 2.60 bits per heavy atom. The van der Waals surface area contributed by atoms with Gasteiger partial charge in [0, 0.05) is 12.1 Å². The Morgan fingerprint density at radius 1 is 1.25 bits per heavy atom. The zero-order valence-electron chi connectivity index (χ0n) is 11.9. The van der Waals surface area contributed by atoms with Gasteiger partial charge in [-0.25, -0.2) is 4.39 Å². The van der Waals surface area contributed by atoms with E-state index < -0.39 is 0 Å². The van der Waals surface area contributed by atoms with Crippen LogP contribution in [0.25, 0.3) is 0 Å². The van der Waals surface area contributed by atoms with Crippen LogP contribution in [-0.2, 0) is 6.42 Å². The highest BCUT2D eigenvalue weighted by Gasteiger charge is 2.17. The molecule has 0 saturated heterocycles. The van der Waals surface area contributed by atoms with Crippen LogP contribution in [-0.4, -0.2) is 12.5 Å². The van der Waals surface area contributed by atoms with Gasteiger partial charge < -0.3 is 9.73 Å². The van der Waals surface area contributed by atoms with E-state index in [0.29, 0.717) is 24.3 Å². The molecule has 1 N–H and O–H groups in total.